The van der Waals surface area contributed by atoms with Gasteiger partial charge in [-0.2, -0.15) is 0 Å². The van der Waals surface area contributed by atoms with Crippen LogP contribution in [0.15, 0.2) is 18.2 Å². The van der Waals surface area contributed by atoms with Crippen LogP contribution in [0.3, 0.4) is 0 Å². The Morgan fingerprint density at radius 2 is 2.00 bits per heavy atom. The van der Waals surface area contributed by atoms with Crippen molar-refractivity contribution in [3.8, 4) is 5.75 Å². The summed E-state index contributed by atoms with van der Waals surface area (Å²) in [6.07, 6.45) is 5.19. The third-order valence-corrected chi connectivity index (χ3v) is 4.40. The van der Waals surface area contributed by atoms with Crippen LogP contribution < -0.4 is 10.1 Å². The Morgan fingerprint density at radius 3 is 2.60 bits per heavy atom. The van der Waals surface area contributed by atoms with E-state index in [9.17, 15) is 4.39 Å². The summed E-state index contributed by atoms with van der Waals surface area (Å²) in [7, 11) is 1.49. The van der Waals surface area contributed by atoms with Crippen LogP contribution in [0.25, 0.3) is 0 Å². The van der Waals surface area contributed by atoms with Gasteiger partial charge in [-0.3, -0.25) is 0 Å². The zero-order valence-electron chi connectivity index (χ0n) is 12.1. The molecule has 3 nitrogen and oxygen atoms in total. The molecule has 2 aliphatic rings. The molecule has 20 heavy (non-hydrogen) atoms. The van der Waals surface area contributed by atoms with Crippen LogP contribution in [-0.2, 0) is 6.54 Å². The molecule has 1 saturated carbocycles. The number of piperidine rings is 1. The van der Waals surface area contributed by atoms with Crippen LogP contribution >= 0.6 is 0 Å². The lowest BCUT2D eigenvalue weighted by atomic mass is 10.0. The van der Waals surface area contributed by atoms with Crippen LogP contribution in [0, 0.1) is 5.82 Å². The predicted octanol–water partition coefficient (Wildman–Crippen LogP) is 2.55. The highest BCUT2D eigenvalue weighted by Crippen LogP contribution is 2.29. The number of hydrogen-bond acceptors (Lipinski definition) is 3. The minimum Gasteiger partial charge on any atom is -0.494 e. The number of halogens is 1. The minimum absolute atomic E-state index is 0.282. The van der Waals surface area contributed by atoms with Gasteiger partial charge >= 0.3 is 0 Å². The van der Waals surface area contributed by atoms with Gasteiger partial charge in [-0.15, -0.1) is 0 Å². The highest BCUT2D eigenvalue weighted by molar-refractivity contribution is 5.29. The highest BCUT2D eigenvalue weighted by atomic mass is 19.1. The zero-order chi connectivity index (χ0) is 13.9. The molecule has 1 aromatic carbocycles. The average Bonchev–Trinajstić information content (AvgIpc) is 3.30. The van der Waals surface area contributed by atoms with Crippen molar-refractivity contribution in [1.82, 2.24) is 10.2 Å². The summed E-state index contributed by atoms with van der Waals surface area (Å²) in [4.78, 5) is 2.62. The van der Waals surface area contributed by atoms with Gasteiger partial charge in [0, 0.05) is 18.6 Å². The Morgan fingerprint density at radius 1 is 1.25 bits per heavy atom. The molecular formula is C16H23FN2O. The molecule has 1 N–H and O–H groups in total. The van der Waals surface area contributed by atoms with E-state index >= 15 is 0 Å². The van der Waals surface area contributed by atoms with E-state index in [2.05, 4.69) is 10.2 Å². The predicted molar refractivity (Wildman–Crippen MR) is 77.4 cm³/mol. The highest BCUT2D eigenvalue weighted by Gasteiger charge is 2.31. The van der Waals surface area contributed by atoms with Gasteiger partial charge in [-0.05, 0) is 56.5 Å². The van der Waals surface area contributed by atoms with Crippen molar-refractivity contribution in [2.75, 3.05) is 20.2 Å². The molecule has 2 fully saturated rings. The molecule has 0 bridgehead atoms. The van der Waals surface area contributed by atoms with Crippen molar-refractivity contribution in [3.63, 3.8) is 0 Å². The molecule has 0 atom stereocenters. The summed E-state index contributed by atoms with van der Waals surface area (Å²) in [6, 6.07) is 6.63. The first kappa shape index (κ1) is 13.8. The quantitative estimate of drug-likeness (QED) is 0.896. The fraction of sp³-hybridized carbons (Fsp3) is 0.625. The smallest absolute Gasteiger partial charge is 0.165 e. The van der Waals surface area contributed by atoms with Crippen LogP contribution in [0.2, 0.25) is 0 Å². The van der Waals surface area contributed by atoms with Gasteiger partial charge in [0.25, 0.3) is 0 Å². The number of likely N-dealkylation sites (tertiary alicyclic amines) is 1. The summed E-state index contributed by atoms with van der Waals surface area (Å²) in [5, 5.41) is 3.55. The number of methoxy groups -OCH3 is 1. The Balaban J connectivity index is 1.46. The van der Waals surface area contributed by atoms with Gasteiger partial charge in [0.15, 0.2) is 11.6 Å². The Kier molecular flexibility index (Phi) is 4.22. The van der Waals surface area contributed by atoms with E-state index in [4.69, 9.17) is 4.74 Å². The van der Waals surface area contributed by atoms with Crippen molar-refractivity contribution in [3.05, 3.63) is 29.6 Å². The van der Waals surface area contributed by atoms with Gasteiger partial charge in [-0.1, -0.05) is 6.07 Å². The van der Waals surface area contributed by atoms with Crippen molar-refractivity contribution >= 4 is 0 Å². The van der Waals surface area contributed by atoms with Crippen LogP contribution in [-0.4, -0.2) is 37.2 Å². The standard InChI is InChI=1S/C16H23FN2O/c1-20-16-5-2-12(10-15(16)17)11-18-13-6-8-19(9-7-13)14-3-4-14/h2,5,10,13-14,18H,3-4,6-9,11H2,1H3. The van der Waals surface area contributed by atoms with Crippen molar-refractivity contribution in [1.29, 1.82) is 0 Å². The van der Waals surface area contributed by atoms with Crippen LogP contribution in [0.1, 0.15) is 31.2 Å². The summed E-state index contributed by atoms with van der Waals surface area (Å²) in [6.45, 7) is 3.15. The number of nitrogens with zero attached hydrogens (tertiary/aromatic N) is 1. The SMILES string of the molecule is COc1ccc(CNC2CCN(C3CC3)CC2)cc1F. The number of rotatable bonds is 5. The van der Waals surface area contributed by atoms with Crippen molar-refractivity contribution in [2.24, 2.45) is 0 Å². The monoisotopic (exact) mass is 278 g/mol. The first-order valence-electron chi connectivity index (χ1n) is 7.56. The molecule has 1 heterocycles. The lowest BCUT2D eigenvalue weighted by Gasteiger charge is -2.32. The van der Waals surface area contributed by atoms with Gasteiger partial charge in [0.1, 0.15) is 0 Å². The lowest BCUT2D eigenvalue weighted by molar-refractivity contribution is 0.189. The second kappa shape index (κ2) is 6.10. The molecule has 0 unspecified atom stereocenters. The van der Waals surface area contributed by atoms with Gasteiger partial charge in [0.2, 0.25) is 0 Å². The molecule has 0 aromatic heterocycles. The van der Waals surface area contributed by atoms with Crippen molar-refractivity contribution in [2.45, 2.75) is 44.3 Å². The summed E-state index contributed by atoms with van der Waals surface area (Å²) in [5.74, 6) is 0.0295. The van der Waals surface area contributed by atoms with Gasteiger partial charge in [-0.25, -0.2) is 4.39 Å². The molecule has 1 saturated heterocycles. The summed E-state index contributed by atoms with van der Waals surface area (Å²) in [5.41, 5.74) is 0.980. The third kappa shape index (κ3) is 3.30. The Hall–Kier alpha value is -1.13. The molecule has 1 aromatic rings. The van der Waals surface area contributed by atoms with E-state index in [1.54, 1.807) is 12.1 Å². The minimum atomic E-state index is -0.282. The van der Waals surface area contributed by atoms with E-state index < -0.39 is 0 Å². The molecular weight excluding hydrogens is 255 g/mol. The maximum absolute atomic E-state index is 13.6. The Labute approximate surface area is 120 Å². The molecule has 1 aliphatic carbocycles. The second-order valence-electron chi connectivity index (χ2n) is 5.89. The maximum atomic E-state index is 13.6. The second-order valence-corrected chi connectivity index (χ2v) is 5.89. The number of hydrogen-bond donors (Lipinski definition) is 1. The Bertz CT molecular complexity index is 454. The van der Waals surface area contributed by atoms with E-state index in [0.29, 0.717) is 11.8 Å². The fourth-order valence-electron chi connectivity index (χ4n) is 2.99. The first-order chi connectivity index (χ1) is 9.76. The average molecular weight is 278 g/mol. The van der Waals surface area contributed by atoms with E-state index in [1.807, 2.05) is 6.07 Å². The van der Waals surface area contributed by atoms with Gasteiger partial charge in [0.05, 0.1) is 7.11 Å². The molecule has 110 valence electrons. The molecule has 1 aliphatic heterocycles. The lowest BCUT2D eigenvalue weighted by Crippen LogP contribution is -2.43. The number of benzene rings is 1. The maximum Gasteiger partial charge on any atom is 0.165 e. The topological polar surface area (TPSA) is 24.5 Å². The first-order valence-corrected chi connectivity index (χ1v) is 7.56. The third-order valence-electron chi connectivity index (χ3n) is 4.40. The largest absolute Gasteiger partial charge is 0.494 e. The zero-order valence-corrected chi connectivity index (χ0v) is 12.1. The molecule has 0 spiro atoms. The van der Waals surface area contributed by atoms with E-state index in [1.165, 1.54) is 45.9 Å². The normalized spacial score (nSPS) is 21.1. The number of ether oxygens (including phenoxy) is 1. The van der Waals surface area contributed by atoms with Crippen LogP contribution in [0.4, 0.5) is 4.39 Å². The van der Waals surface area contributed by atoms with E-state index in [0.717, 1.165) is 18.2 Å². The molecule has 4 heteroatoms. The summed E-state index contributed by atoms with van der Waals surface area (Å²) >= 11 is 0. The molecule has 3 rings (SSSR count). The molecule has 0 amide bonds. The molecule has 0 radical (unpaired) electrons. The van der Waals surface area contributed by atoms with Crippen LogP contribution in [0.5, 0.6) is 5.75 Å². The van der Waals surface area contributed by atoms with E-state index in [-0.39, 0.29) is 5.82 Å². The van der Waals surface area contributed by atoms with Crippen molar-refractivity contribution < 1.29 is 9.13 Å². The summed E-state index contributed by atoms with van der Waals surface area (Å²) < 4.78 is 18.5. The number of nitrogens with one attached hydrogen (secondary N) is 1. The fourth-order valence-corrected chi connectivity index (χ4v) is 2.99. The van der Waals surface area contributed by atoms with Gasteiger partial charge < -0.3 is 15.0 Å².